The highest BCUT2D eigenvalue weighted by Gasteiger charge is 2.24. The molecule has 3 nitrogen and oxygen atoms in total. The number of nitrogens with zero attached hydrogens (tertiary/aromatic N) is 1. The van der Waals surface area contributed by atoms with Crippen LogP contribution in [0.15, 0.2) is 47.4 Å². The molecule has 2 aromatic rings. The van der Waals surface area contributed by atoms with Crippen LogP contribution in [-0.4, -0.2) is 29.8 Å². The fourth-order valence-corrected chi connectivity index (χ4v) is 4.54. The summed E-state index contributed by atoms with van der Waals surface area (Å²) in [6.45, 7) is 0.994. The number of carbonyl (C=O) groups excluding carboxylic acids is 1. The van der Waals surface area contributed by atoms with Crippen molar-refractivity contribution in [1.82, 2.24) is 4.90 Å². The Morgan fingerprint density at radius 3 is 2.80 bits per heavy atom. The minimum absolute atomic E-state index is 0.386. The van der Waals surface area contributed by atoms with Crippen molar-refractivity contribution in [2.75, 3.05) is 13.6 Å². The van der Waals surface area contributed by atoms with Crippen molar-refractivity contribution in [2.24, 2.45) is 5.73 Å². The van der Waals surface area contributed by atoms with E-state index in [1.807, 2.05) is 12.1 Å². The molecule has 2 N–H and O–H groups in total. The third kappa shape index (κ3) is 4.78. The second-order valence-electron chi connectivity index (χ2n) is 6.58. The molecule has 0 radical (unpaired) electrons. The molecule has 1 aliphatic heterocycles. The second-order valence-corrected chi connectivity index (χ2v) is 8.06. The number of amides is 1. The van der Waals surface area contributed by atoms with Gasteiger partial charge in [-0.15, -0.1) is 0 Å². The number of nitrogens with two attached hydrogens (primary N) is 1. The van der Waals surface area contributed by atoms with Gasteiger partial charge in [-0.3, -0.25) is 4.79 Å². The Kier molecular flexibility index (Phi) is 6.05. The van der Waals surface area contributed by atoms with E-state index in [0.29, 0.717) is 11.1 Å². The zero-order valence-electron chi connectivity index (χ0n) is 14.4. The lowest BCUT2D eigenvalue weighted by Gasteiger charge is -2.26. The smallest absolute Gasteiger partial charge is 0.281 e. The number of aryl methyl sites for hydroxylation is 1. The molecule has 0 spiro atoms. The summed E-state index contributed by atoms with van der Waals surface area (Å²) in [5.74, 6) is 0. The number of fused-ring (bicyclic) bond motifs is 1. The lowest BCUT2D eigenvalue weighted by molar-refractivity contribution is 0.238. The Morgan fingerprint density at radius 2 is 2.08 bits per heavy atom. The van der Waals surface area contributed by atoms with E-state index in [1.165, 1.54) is 16.7 Å². The first kappa shape index (κ1) is 18.3. The van der Waals surface area contributed by atoms with Crippen LogP contribution in [0.25, 0.3) is 0 Å². The molecule has 1 amide bonds. The van der Waals surface area contributed by atoms with E-state index in [1.54, 1.807) is 0 Å². The Balaban J connectivity index is 1.82. The standard InChI is InChI=1S/C20H23ClN2OS/c1-23-10-9-15-11-16(21)12-19(25-20(22)24)18(15)13-17(23)8-7-14-5-3-2-4-6-14/h2-6,11-12,17H,7-10,13H2,1H3,(H2,22,24). The van der Waals surface area contributed by atoms with Crippen LogP contribution < -0.4 is 5.73 Å². The van der Waals surface area contributed by atoms with Gasteiger partial charge < -0.3 is 10.6 Å². The number of benzene rings is 2. The summed E-state index contributed by atoms with van der Waals surface area (Å²) in [5.41, 5.74) is 9.25. The predicted molar refractivity (Wildman–Crippen MR) is 105 cm³/mol. The van der Waals surface area contributed by atoms with Crippen molar-refractivity contribution < 1.29 is 4.79 Å². The molecule has 1 unspecified atom stereocenters. The third-order valence-electron chi connectivity index (χ3n) is 4.88. The number of primary amides is 1. The number of halogens is 1. The average Bonchev–Trinajstić information content (AvgIpc) is 2.73. The third-order valence-corrected chi connectivity index (χ3v) is 5.89. The topological polar surface area (TPSA) is 46.3 Å². The number of rotatable bonds is 4. The summed E-state index contributed by atoms with van der Waals surface area (Å²) in [7, 11) is 2.18. The van der Waals surface area contributed by atoms with E-state index in [2.05, 4.69) is 42.3 Å². The summed E-state index contributed by atoms with van der Waals surface area (Å²) < 4.78 is 0. The minimum Gasteiger partial charge on any atom is -0.360 e. The Labute approximate surface area is 158 Å². The van der Waals surface area contributed by atoms with Crippen LogP contribution in [0.5, 0.6) is 0 Å². The van der Waals surface area contributed by atoms with Crippen LogP contribution in [0.2, 0.25) is 5.02 Å². The molecule has 5 heteroatoms. The van der Waals surface area contributed by atoms with E-state index < -0.39 is 0 Å². The molecule has 132 valence electrons. The van der Waals surface area contributed by atoms with Crippen molar-refractivity contribution in [1.29, 1.82) is 0 Å². The molecule has 0 saturated heterocycles. The van der Waals surface area contributed by atoms with Gasteiger partial charge >= 0.3 is 0 Å². The van der Waals surface area contributed by atoms with Crippen molar-refractivity contribution in [3.63, 3.8) is 0 Å². The Morgan fingerprint density at radius 1 is 1.32 bits per heavy atom. The van der Waals surface area contributed by atoms with Gasteiger partial charge in [0.1, 0.15) is 0 Å². The zero-order valence-corrected chi connectivity index (χ0v) is 15.9. The van der Waals surface area contributed by atoms with Gasteiger partial charge in [-0.2, -0.15) is 0 Å². The monoisotopic (exact) mass is 374 g/mol. The van der Waals surface area contributed by atoms with Crippen LogP contribution >= 0.6 is 23.4 Å². The van der Waals surface area contributed by atoms with Crippen molar-refractivity contribution in [2.45, 2.75) is 36.6 Å². The first-order valence-electron chi connectivity index (χ1n) is 8.55. The summed E-state index contributed by atoms with van der Waals surface area (Å²) in [6, 6.07) is 14.9. The maximum Gasteiger partial charge on any atom is 0.281 e. The molecule has 3 rings (SSSR count). The van der Waals surface area contributed by atoms with Gasteiger partial charge in [0, 0.05) is 22.5 Å². The molecule has 0 bridgehead atoms. The maximum atomic E-state index is 11.4. The number of hydrogen-bond donors (Lipinski definition) is 1. The highest BCUT2D eigenvalue weighted by molar-refractivity contribution is 8.13. The van der Waals surface area contributed by atoms with Gasteiger partial charge in [0.05, 0.1) is 0 Å². The zero-order chi connectivity index (χ0) is 17.8. The molecule has 25 heavy (non-hydrogen) atoms. The Hall–Kier alpha value is -1.49. The number of thioether (sulfide) groups is 1. The van der Waals surface area contributed by atoms with E-state index in [9.17, 15) is 4.79 Å². The summed E-state index contributed by atoms with van der Waals surface area (Å²) in [6.07, 6.45) is 4.01. The quantitative estimate of drug-likeness (QED) is 0.799. The van der Waals surface area contributed by atoms with Crippen molar-refractivity contribution in [3.8, 4) is 0 Å². The lowest BCUT2D eigenvalue weighted by atomic mass is 9.96. The maximum absolute atomic E-state index is 11.4. The van der Waals surface area contributed by atoms with E-state index in [0.717, 1.165) is 48.9 Å². The number of likely N-dealkylation sites (N-methyl/N-ethyl adjacent to an activating group) is 1. The highest BCUT2D eigenvalue weighted by Crippen LogP contribution is 2.33. The van der Waals surface area contributed by atoms with Crippen LogP contribution in [-0.2, 0) is 19.3 Å². The normalized spacial score (nSPS) is 17.8. The van der Waals surface area contributed by atoms with Crippen LogP contribution in [0.3, 0.4) is 0 Å². The molecule has 2 aromatic carbocycles. The van der Waals surface area contributed by atoms with Gasteiger partial charge in [-0.05, 0) is 73.3 Å². The SMILES string of the molecule is CN1CCc2cc(Cl)cc(SC(N)=O)c2CC1CCc1ccccc1. The minimum atomic E-state index is -0.386. The fourth-order valence-electron chi connectivity index (χ4n) is 3.49. The first-order valence-corrected chi connectivity index (χ1v) is 9.75. The van der Waals surface area contributed by atoms with E-state index >= 15 is 0 Å². The lowest BCUT2D eigenvalue weighted by Crippen LogP contribution is -2.33. The fraction of sp³-hybridized carbons (Fsp3) is 0.350. The Bertz CT molecular complexity index is 751. The summed E-state index contributed by atoms with van der Waals surface area (Å²) in [5, 5.41) is 0.288. The molecular weight excluding hydrogens is 352 g/mol. The van der Waals surface area contributed by atoms with Gasteiger partial charge in [0.15, 0.2) is 0 Å². The van der Waals surface area contributed by atoms with Gasteiger partial charge in [0.25, 0.3) is 5.24 Å². The average molecular weight is 375 g/mol. The second kappa shape index (κ2) is 8.26. The molecular formula is C20H23ClN2OS. The highest BCUT2D eigenvalue weighted by atomic mass is 35.5. The molecule has 1 heterocycles. The van der Waals surface area contributed by atoms with Crippen LogP contribution in [0.4, 0.5) is 4.79 Å². The van der Waals surface area contributed by atoms with Crippen molar-refractivity contribution >= 4 is 28.6 Å². The van der Waals surface area contributed by atoms with Crippen LogP contribution in [0.1, 0.15) is 23.1 Å². The molecule has 1 aliphatic rings. The van der Waals surface area contributed by atoms with Crippen LogP contribution in [0, 0.1) is 0 Å². The van der Waals surface area contributed by atoms with Gasteiger partial charge in [0.2, 0.25) is 0 Å². The molecule has 0 aromatic heterocycles. The summed E-state index contributed by atoms with van der Waals surface area (Å²) >= 11 is 7.34. The predicted octanol–water partition coefficient (Wildman–Crippen LogP) is 4.54. The van der Waals surface area contributed by atoms with Gasteiger partial charge in [-0.1, -0.05) is 41.9 Å². The molecule has 0 saturated carbocycles. The molecule has 0 aliphatic carbocycles. The number of carbonyl (C=O) groups is 1. The first-order chi connectivity index (χ1) is 12.0. The largest absolute Gasteiger partial charge is 0.360 e. The molecule has 0 fully saturated rings. The van der Waals surface area contributed by atoms with Gasteiger partial charge in [-0.25, -0.2) is 0 Å². The van der Waals surface area contributed by atoms with E-state index in [4.69, 9.17) is 17.3 Å². The summed E-state index contributed by atoms with van der Waals surface area (Å²) in [4.78, 5) is 14.8. The molecule has 1 atom stereocenters. The van der Waals surface area contributed by atoms with E-state index in [-0.39, 0.29) is 5.24 Å². The number of hydrogen-bond acceptors (Lipinski definition) is 3. The van der Waals surface area contributed by atoms with Crippen molar-refractivity contribution in [3.05, 3.63) is 64.2 Å².